The summed E-state index contributed by atoms with van der Waals surface area (Å²) in [5, 5.41) is 20.7. The van der Waals surface area contributed by atoms with E-state index in [0.29, 0.717) is 13.2 Å². The molecule has 4 nitrogen and oxygen atoms in total. The maximum atomic E-state index is 10.5. The van der Waals surface area contributed by atoms with Crippen LogP contribution in [0.4, 0.5) is 0 Å². The van der Waals surface area contributed by atoms with Gasteiger partial charge in [0, 0.05) is 12.6 Å². The number of aliphatic hydroxyl groups is 2. The van der Waals surface area contributed by atoms with Crippen molar-refractivity contribution in [3.05, 3.63) is 71.3 Å². The molecule has 0 saturated carbocycles. The van der Waals surface area contributed by atoms with Gasteiger partial charge >= 0.3 is 0 Å². The Labute approximate surface area is 143 Å². The first-order valence-corrected chi connectivity index (χ1v) is 8.41. The minimum absolute atomic E-state index is 0.00572. The van der Waals surface area contributed by atoms with Gasteiger partial charge in [-0.2, -0.15) is 0 Å². The number of benzene rings is 2. The van der Waals surface area contributed by atoms with Crippen LogP contribution >= 0.6 is 0 Å². The Morgan fingerprint density at radius 3 is 2.58 bits per heavy atom. The first-order chi connectivity index (χ1) is 11.6. The van der Waals surface area contributed by atoms with Crippen molar-refractivity contribution in [2.75, 3.05) is 20.2 Å². The lowest BCUT2D eigenvalue weighted by Crippen LogP contribution is -2.41. The predicted octanol–water partition coefficient (Wildman–Crippen LogP) is 2.15. The molecular weight excluding hydrogens is 302 g/mol. The van der Waals surface area contributed by atoms with Crippen molar-refractivity contribution < 1.29 is 14.9 Å². The van der Waals surface area contributed by atoms with Gasteiger partial charge in [0.1, 0.15) is 0 Å². The van der Waals surface area contributed by atoms with Crippen LogP contribution in [-0.2, 0) is 17.8 Å². The minimum Gasteiger partial charge on any atom is -0.389 e. The summed E-state index contributed by atoms with van der Waals surface area (Å²) in [5.41, 5.74) is 3.29. The smallest absolute Gasteiger partial charge is 0.0950 e. The highest BCUT2D eigenvalue weighted by atomic mass is 16.5. The second-order valence-electron chi connectivity index (χ2n) is 6.51. The molecule has 0 spiro atoms. The molecule has 0 radical (unpaired) electrons. The summed E-state index contributed by atoms with van der Waals surface area (Å²) in [6.45, 7) is 1.26. The Morgan fingerprint density at radius 2 is 1.83 bits per heavy atom. The number of fused-ring (bicyclic) bond motifs is 1. The predicted molar refractivity (Wildman–Crippen MR) is 93.6 cm³/mol. The van der Waals surface area contributed by atoms with Crippen LogP contribution in [0.15, 0.2) is 54.6 Å². The molecule has 0 fully saturated rings. The maximum Gasteiger partial charge on any atom is 0.0950 e. The molecular formula is C20H25NO3. The van der Waals surface area contributed by atoms with E-state index in [4.69, 9.17) is 4.74 Å². The van der Waals surface area contributed by atoms with Crippen molar-refractivity contribution in [2.24, 2.45) is 0 Å². The van der Waals surface area contributed by atoms with Gasteiger partial charge in [0.05, 0.1) is 25.4 Å². The largest absolute Gasteiger partial charge is 0.389 e. The molecule has 0 bridgehead atoms. The van der Waals surface area contributed by atoms with E-state index in [2.05, 4.69) is 6.07 Å². The quantitative estimate of drug-likeness (QED) is 0.818. The number of rotatable bonds is 7. The van der Waals surface area contributed by atoms with E-state index in [0.717, 1.165) is 17.5 Å². The highest BCUT2D eigenvalue weighted by Crippen LogP contribution is 2.33. The van der Waals surface area contributed by atoms with E-state index in [1.54, 1.807) is 0 Å². The van der Waals surface area contributed by atoms with Gasteiger partial charge in [0.15, 0.2) is 0 Å². The van der Waals surface area contributed by atoms with Crippen molar-refractivity contribution in [1.82, 2.24) is 4.90 Å². The third-order valence-corrected chi connectivity index (χ3v) is 4.65. The van der Waals surface area contributed by atoms with Gasteiger partial charge in [0.25, 0.3) is 0 Å². The molecule has 3 unspecified atom stereocenters. The number of nitrogens with zero attached hydrogens (tertiary/aromatic N) is 1. The Hall–Kier alpha value is -1.72. The fraction of sp³-hybridized carbons (Fsp3) is 0.400. The van der Waals surface area contributed by atoms with Gasteiger partial charge in [-0.25, -0.2) is 0 Å². The number of hydrogen-bond acceptors (Lipinski definition) is 4. The Bertz CT molecular complexity index is 646. The van der Waals surface area contributed by atoms with E-state index in [9.17, 15) is 10.2 Å². The Kier molecular flexibility index (Phi) is 5.63. The zero-order chi connectivity index (χ0) is 16.9. The minimum atomic E-state index is -0.574. The van der Waals surface area contributed by atoms with Crippen LogP contribution in [0.1, 0.15) is 22.8 Å². The first kappa shape index (κ1) is 17.1. The number of likely N-dealkylation sites (N-methyl/N-ethyl adjacent to an activating group) is 1. The van der Waals surface area contributed by atoms with Gasteiger partial charge in [-0.1, -0.05) is 54.6 Å². The molecule has 4 heteroatoms. The molecule has 3 atom stereocenters. The van der Waals surface area contributed by atoms with Crippen molar-refractivity contribution in [2.45, 2.75) is 31.3 Å². The summed E-state index contributed by atoms with van der Waals surface area (Å²) < 4.78 is 5.59. The van der Waals surface area contributed by atoms with Crippen LogP contribution in [-0.4, -0.2) is 47.5 Å². The molecule has 2 aromatic rings. The SMILES string of the molecule is CN(CC(O)COCc1ccccc1)C1Cc2ccccc2C1O. The standard InChI is InChI=1S/C20H25NO3/c1-21(19-11-16-9-5-6-10-18(16)20(19)23)12-17(22)14-24-13-15-7-3-2-4-8-15/h2-10,17,19-20,22-23H,11-14H2,1H3. The summed E-state index contributed by atoms with van der Waals surface area (Å²) in [7, 11) is 1.94. The molecule has 128 valence electrons. The van der Waals surface area contributed by atoms with E-state index < -0.39 is 12.2 Å². The van der Waals surface area contributed by atoms with Crippen LogP contribution in [0.2, 0.25) is 0 Å². The monoisotopic (exact) mass is 327 g/mol. The Morgan fingerprint density at radius 1 is 1.12 bits per heavy atom. The summed E-state index contributed by atoms with van der Waals surface area (Å²) in [4.78, 5) is 2.03. The van der Waals surface area contributed by atoms with Crippen LogP contribution in [0.5, 0.6) is 0 Å². The normalized spacial score (nSPS) is 21.0. The maximum absolute atomic E-state index is 10.5. The molecule has 3 rings (SSSR count). The summed E-state index contributed by atoms with van der Waals surface area (Å²) in [5.74, 6) is 0. The van der Waals surface area contributed by atoms with Crippen LogP contribution < -0.4 is 0 Å². The summed E-state index contributed by atoms with van der Waals surface area (Å²) >= 11 is 0. The highest BCUT2D eigenvalue weighted by molar-refractivity contribution is 5.35. The molecule has 1 aliphatic carbocycles. The molecule has 24 heavy (non-hydrogen) atoms. The molecule has 2 N–H and O–H groups in total. The van der Waals surface area contributed by atoms with Crippen molar-refractivity contribution in [1.29, 1.82) is 0 Å². The molecule has 0 aliphatic heterocycles. The molecule has 0 amide bonds. The zero-order valence-electron chi connectivity index (χ0n) is 14.0. The third kappa shape index (κ3) is 4.02. The van der Waals surface area contributed by atoms with Crippen molar-refractivity contribution >= 4 is 0 Å². The average molecular weight is 327 g/mol. The van der Waals surface area contributed by atoms with Crippen molar-refractivity contribution in [3.63, 3.8) is 0 Å². The third-order valence-electron chi connectivity index (χ3n) is 4.65. The number of aliphatic hydroxyl groups excluding tert-OH is 2. The van der Waals surface area contributed by atoms with E-state index >= 15 is 0 Å². The van der Waals surface area contributed by atoms with Gasteiger partial charge < -0.3 is 14.9 Å². The van der Waals surface area contributed by atoms with Crippen LogP contribution in [0.25, 0.3) is 0 Å². The fourth-order valence-electron chi connectivity index (χ4n) is 3.36. The van der Waals surface area contributed by atoms with Gasteiger partial charge in [-0.3, -0.25) is 4.90 Å². The van der Waals surface area contributed by atoms with Gasteiger partial charge in [-0.15, -0.1) is 0 Å². The molecule has 0 aromatic heterocycles. The van der Waals surface area contributed by atoms with E-state index in [1.807, 2.05) is 60.5 Å². The average Bonchev–Trinajstić information content (AvgIpc) is 2.93. The zero-order valence-corrected chi connectivity index (χ0v) is 14.0. The Balaban J connectivity index is 1.46. The lowest BCUT2D eigenvalue weighted by atomic mass is 10.1. The van der Waals surface area contributed by atoms with Gasteiger partial charge in [-0.05, 0) is 30.2 Å². The van der Waals surface area contributed by atoms with Crippen LogP contribution in [0.3, 0.4) is 0 Å². The molecule has 0 heterocycles. The molecule has 2 aromatic carbocycles. The van der Waals surface area contributed by atoms with Gasteiger partial charge in [0.2, 0.25) is 0 Å². The second kappa shape index (κ2) is 7.90. The van der Waals surface area contributed by atoms with E-state index in [-0.39, 0.29) is 12.6 Å². The molecule has 1 aliphatic rings. The topological polar surface area (TPSA) is 52.9 Å². The number of hydrogen-bond donors (Lipinski definition) is 2. The summed E-state index contributed by atoms with van der Waals surface area (Å²) in [6, 6.07) is 17.9. The second-order valence-corrected chi connectivity index (χ2v) is 6.51. The summed E-state index contributed by atoms with van der Waals surface area (Å²) in [6.07, 6.45) is -0.260. The lowest BCUT2D eigenvalue weighted by Gasteiger charge is -2.29. The highest BCUT2D eigenvalue weighted by Gasteiger charge is 2.33. The van der Waals surface area contributed by atoms with E-state index in [1.165, 1.54) is 5.56 Å². The number of ether oxygens (including phenoxy) is 1. The first-order valence-electron chi connectivity index (χ1n) is 8.41. The van der Waals surface area contributed by atoms with Crippen LogP contribution in [0, 0.1) is 0 Å². The molecule has 0 saturated heterocycles. The fourth-order valence-corrected chi connectivity index (χ4v) is 3.36. The lowest BCUT2D eigenvalue weighted by molar-refractivity contribution is -0.00601. The van der Waals surface area contributed by atoms with Crippen molar-refractivity contribution in [3.8, 4) is 0 Å².